The van der Waals surface area contributed by atoms with Crippen molar-refractivity contribution in [2.45, 2.75) is 25.7 Å². The summed E-state index contributed by atoms with van der Waals surface area (Å²) in [6.07, 6.45) is 3.70. The highest BCUT2D eigenvalue weighted by molar-refractivity contribution is 5.95. The van der Waals surface area contributed by atoms with Gasteiger partial charge in [-0.3, -0.25) is 14.6 Å². The first-order valence-electron chi connectivity index (χ1n) is 12.0. The molecule has 1 aromatic heterocycles. The van der Waals surface area contributed by atoms with Gasteiger partial charge in [-0.1, -0.05) is 30.3 Å². The van der Waals surface area contributed by atoms with Crippen molar-refractivity contribution in [3.63, 3.8) is 0 Å². The molecule has 6 nitrogen and oxygen atoms in total. The van der Waals surface area contributed by atoms with E-state index in [1.165, 1.54) is 5.56 Å². The van der Waals surface area contributed by atoms with Crippen molar-refractivity contribution in [1.29, 1.82) is 0 Å². The van der Waals surface area contributed by atoms with Crippen LogP contribution in [0.25, 0.3) is 0 Å². The SMILES string of the molecule is Cc1ncccc1N1CC(C(=O)Nc2ccc(C3CCN(C(=O)c4ccccc4)CC3)cc2)C1. The second kappa shape index (κ2) is 9.67. The van der Waals surface area contributed by atoms with Gasteiger partial charge in [0, 0.05) is 43.6 Å². The number of aryl methyl sites for hydroxylation is 1. The second-order valence-corrected chi connectivity index (χ2v) is 9.25. The van der Waals surface area contributed by atoms with Crippen molar-refractivity contribution >= 4 is 23.2 Å². The number of pyridine rings is 1. The van der Waals surface area contributed by atoms with Gasteiger partial charge in [-0.15, -0.1) is 0 Å². The predicted octanol–water partition coefficient (Wildman–Crippen LogP) is 4.48. The number of amides is 2. The van der Waals surface area contributed by atoms with Gasteiger partial charge in [0.1, 0.15) is 0 Å². The minimum Gasteiger partial charge on any atom is -0.368 e. The molecule has 2 fully saturated rings. The number of nitrogens with zero attached hydrogens (tertiary/aromatic N) is 3. The van der Waals surface area contributed by atoms with E-state index < -0.39 is 0 Å². The molecule has 0 aliphatic carbocycles. The minimum absolute atomic E-state index is 0.00855. The molecule has 2 aromatic carbocycles. The molecule has 0 atom stereocenters. The van der Waals surface area contributed by atoms with Gasteiger partial charge in [0.15, 0.2) is 0 Å². The first-order chi connectivity index (χ1) is 16.6. The van der Waals surface area contributed by atoms with E-state index in [9.17, 15) is 9.59 Å². The standard InChI is InChI=1S/C28H30N4O2/c1-20-26(8-5-15-29-20)32-18-24(19-32)27(33)30-25-11-9-21(10-12-25)22-13-16-31(17-14-22)28(34)23-6-3-2-4-7-23/h2-12,15,22,24H,13-14,16-19H2,1H3,(H,30,33). The summed E-state index contributed by atoms with van der Waals surface area (Å²) < 4.78 is 0. The van der Waals surface area contributed by atoms with Crippen LogP contribution >= 0.6 is 0 Å². The number of rotatable bonds is 5. The van der Waals surface area contributed by atoms with Crippen LogP contribution in [-0.2, 0) is 4.79 Å². The van der Waals surface area contributed by atoms with Crippen LogP contribution in [0.15, 0.2) is 72.9 Å². The first-order valence-corrected chi connectivity index (χ1v) is 12.0. The Kier molecular flexibility index (Phi) is 6.30. The molecule has 34 heavy (non-hydrogen) atoms. The van der Waals surface area contributed by atoms with Gasteiger partial charge in [-0.05, 0) is 67.6 Å². The Morgan fingerprint density at radius 2 is 1.62 bits per heavy atom. The summed E-state index contributed by atoms with van der Waals surface area (Å²) in [5.41, 5.74) is 4.96. The van der Waals surface area contributed by atoms with Crippen LogP contribution in [0.1, 0.15) is 40.4 Å². The van der Waals surface area contributed by atoms with E-state index in [2.05, 4.69) is 33.4 Å². The lowest BCUT2D eigenvalue weighted by Crippen LogP contribution is -2.52. The first kappa shape index (κ1) is 22.1. The number of anilines is 2. The molecule has 0 unspecified atom stereocenters. The monoisotopic (exact) mass is 454 g/mol. The van der Waals surface area contributed by atoms with Crippen molar-refractivity contribution in [1.82, 2.24) is 9.88 Å². The molecule has 3 heterocycles. The van der Waals surface area contributed by atoms with Gasteiger partial charge in [-0.25, -0.2) is 0 Å². The van der Waals surface area contributed by atoms with Crippen LogP contribution in [0, 0.1) is 12.8 Å². The van der Waals surface area contributed by atoms with E-state index in [0.717, 1.165) is 61.7 Å². The topological polar surface area (TPSA) is 65.5 Å². The van der Waals surface area contributed by atoms with Crippen LogP contribution in [0.3, 0.4) is 0 Å². The number of carbonyl (C=O) groups excluding carboxylic acids is 2. The van der Waals surface area contributed by atoms with Gasteiger partial charge >= 0.3 is 0 Å². The summed E-state index contributed by atoms with van der Waals surface area (Å²) in [4.78, 5) is 33.8. The molecule has 174 valence electrons. The lowest BCUT2D eigenvalue weighted by molar-refractivity contribution is -0.120. The fourth-order valence-electron chi connectivity index (χ4n) is 4.91. The van der Waals surface area contributed by atoms with E-state index in [1.807, 2.05) is 60.4 Å². The lowest BCUT2D eigenvalue weighted by Gasteiger charge is -2.40. The quantitative estimate of drug-likeness (QED) is 0.617. The Hall–Kier alpha value is -3.67. The van der Waals surface area contributed by atoms with Crippen LogP contribution in [0.5, 0.6) is 0 Å². The smallest absolute Gasteiger partial charge is 0.253 e. The predicted molar refractivity (Wildman–Crippen MR) is 134 cm³/mol. The molecule has 0 spiro atoms. The minimum atomic E-state index is -0.00855. The van der Waals surface area contributed by atoms with Crippen LogP contribution in [-0.4, -0.2) is 47.9 Å². The average molecular weight is 455 g/mol. The van der Waals surface area contributed by atoms with E-state index in [1.54, 1.807) is 6.20 Å². The fraction of sp³-hybridized carbons (Fsp3) is 0.321. The molecule has 2 saturated heterocycles. The van der Waals surface area contributed by atoms with E-state index in [4.69, 9.17) is 0 Å². The zero-order chi connectivity index (χ0) is 23.5. The summed E-state index contributed by atoms with van der Waals surface area (Å²) in [6.45, 7) is 4.97. The molecular formula is C28H30N4O2. The van der Waals surface area contributed by atoms with Crippen molar-refractivity contribution in [3.8, 4) is 0 Å². The highest BCUT2D eigenvalue weighted by Crippen LogP contribution is 2.30. The highest BCUT2D eigenvalue weighted by atomic mass is 16.2. The summed E-state index contributed by atoms with van der Waals surface area (Å²) in [5.74, 6) is 0.613. The summed E-state index contributed by atoms with van der Waals surface area (Å²) >= 11 is 0. The molecule has 2 aliphatic rings. The Balaban J connectivity index is 1.11. The molecule has 1 N–H and O–H groups in total. The molecule has 2 aliphatic heterocycles. The van der Waals surface area contributed by atoms with Gasteiger partial charge in [-0.2, -0.15) is 0 Å². The highest BCUT2D eigenvalue weighted by Gasteiger charge is 2.33. The number of hydrogen-bond acceptors (Lipinski definition) is 4. The van der Waals surface area contributed by atoms with Crippen molar-refractivity contribution in [3.05, 3.63) is 89.7 Å². The number of hydrogen-bond donors (Lipinski definition) is 1. The molecule has 0 radical (unpaired) electrons. The Bertz CT molecular complexity index is 1150. The van der Waals surface area contributed by atoms with Gasteiger partial charge in [0.05, 0.1) is 17.3 Å². The maximum Gasteiger partial charge on any atom is 0.253 e. The Labute approximate surface area is 200 Å². The Morgan fingerprint density at radius 1 is 0.912 bits per heavy atom. The molecular weight excluding hydrogens is 424 g/mol. The number of carbonyl (C=O) groups is 2. The molecule has 2 amide bonds. The zero-order valence-electron chi connectivity index (χ0n) is 19.5. The van der Waals surface area contributed by atoms with E-state index in [-0.39, 0.29) is 17.7 Å². The molecule has 0 bridgehead atoms. The zero-order valence-corrected chi connectivity index (χ0v) is 19.5. The average Bonchev–Trinajstić information content (AvgIpc) is 2.85. The lowest BCUT2D eigenvalue weighted by atomic mass is 9.89. The maximum absolute atomic E-state index is 12.7. The number of aromatic nitrogens is 1. The van der Waals surface area contributed by atoms with Gasteiger partial charge in [0.2, 0.25) is 5.91 Å². The molecule has 6 heteroatoms. The third-order valence-corrected chi connectivity index (χ3v) is 7.02. The summed E-state index contributed by atoms with van der Waals surface area (Å²) in [7, 11) is 0. The van der Waals surface area contributed by atoms with Gasteiger partial charge in [0.25, 0.3) is 5.91 Å². The third-order valence-electron chi connectivity index (χ3n) is 7.02. The molecule has 0 saturated carbocycles. The second-order valence-electron chi connectivity index (χ2n) is 9.25. The summed E-state index contributed by atoms with van der Waals surface area (Å²) in [5, 5.41) is 3.07. The maximum atomic E-state index is 12.7. The van der Waals surface area contributed by atoms with Crippen molar-refractivity contribution < 1.29 is 9.59 Å². The van der Waals surface area contributed by atoms with E-state index >= 15 is 0 Å². The number of nitrogens with one attached hydrogen (secondary N) is 1. The van der Waals surface area contributed by atoms with Crippen molar-refractivity contribution in [2.24, 2.45) is 5.92 Å². The van der Waals surface area contributed by atoms with Crippen molar-refractivity contribution in [2.75, 3.05) is 36.4 Å². The van der Waals surface area contributed by atoms with Gasteiger partial charge < -0.3 is 15.1 Å². The Morgan fingerprint density at radius 3 is 2.29 bits per heavy atom. The summed E-state index contributed by atoms with van der Waals surface area (Å²) in [6, 6.07) is 21.7. The third kappa shape index (κ3) is 4.67. The number of benzene rings is 2. The van der Waals surface area contributed by atoms with Crippen LogP contribution in [0.4, 0.5) is 11.4 Å². The van der Waals surface area contributed by atoms with Crippen LogP contribution in [0.2, 0.25) is 0 Å². The molecule has 5 rings (SSSR count). The number of likely N-dealkylation sites (tertiary alicyclic amines) is 1. The number of piperidine rings is 1. The largest absolute Gasteiger partial charge is 0.368 e. The van der Waals surface area contributed by atoms with E-state index in [0.29, 0.717) is 5.92 Å². The van der Waals surface area contributed by atoms with Crippen LogP contribution < -0.4 is 10.2 Å². The molecule has 3 aromatic rings. The normalized spacial score (nSPS) is 16.7. The fourth-order valence-corrected chi connectivity index (χ4v) is 4.91.